The Balaban J connectivity index is 1.64. The Bertz CT molecular complexity index is 663. The van der Waals surface area contributed by atoms with E-state index >= 15 is 0 Å². The number of ether oxygens (including phenoxy) is 2. The van der Waals surface area contributed by atoms with Gasteiger partial charge in [0, 0.05) is 30.4 Å². The lowest BCUT2D eigenvalue weighted by Gasteiger charge is -2.10. The summed E-state index contributed by atoms with van der Waals surface area (Å²) >= 11 is 3.42. The van der Waals surface area contributed by atoms with E-state index in [4.69, 9.17) is 15.2 Å². The van der Waals surface area contributed by atoms with E-state index in [9.17, 15) is 0 Å². The van der Waals surface area contributed by atoms with Gasteiger partial charge in [0.05, 0.1) is 14.2 Å². The van der Waals surface area contributed by atoms with Crippen LogP contribution in [0.25, 0.3) is 0 Å². The number of thioether (sulfide) groups is 1. The second kappa shape index (κ2) is 10.8. The van der Waals surface area contributed by atoms with Crippen molar-refractivity contribution in [1.82, 2.24) is 10.3 Å². The second-order valence-corrected chi connectivity index (χ2v) is 7.37. The van der Waals surface area contributed by atoms with Gasteiger partial charge in [0.25, 0.3) is 0 Å². The Kier molecular flexibility index (Phi) is 8.41. The van der Waals surface area contributed by atoms with Crippen LogP contribution in [0.15, 0.2) is 39.1 Å². The third-order valence-electron chi connectivity index (χ3n) is 3.39. The first-order chi connectivity index (χ1) is 12.2. The molecule has 3 N–H and O–H groups in total. The maximum atomic E-state index is 5.89. The van der Waals surface area contributed by atoms with E-state index in [0.29, 0.717) is 12.5 Å². The molecular weight excluding hydrogens is 356 g/mol. The molecule has 2 aromatic rings. The molecule has 0 aliphatic rings. The molecule has 0 amide bonds. The number of aromatic nitrogens is 1. The zero-order valence-electron chi connectivity index (χ0n) is 14.5. The third-order valence-corrected chi connectivity index (χ3v) is 5.44. The van der Waals surface area contributed by atoms with E-state index in [0.717, 1.165) is 46.5 Å². The minimum Gasteiger partial charge on any atom is -0.493 e. The van der Waals surface area contributed by atoms with Crippen LogP contribution in [0.3, 0.4) is 0 Å². The van der Waals surface area contributed by atoms with E-state index in [1.807, 2.05) is 29.8 Å². The molecule has 136 valence electrons. The van der Waals surface area contributed by atoms with Gasteiger partial charge in [-0.3, -0.25) is 4.99 Å². The van der Waals surface area contributed by atoms with Crippen LogP contribution < -0.4 is 20.5 Å². The van der Waals surface area contributed by atoms with Gasteiger partial charge >= 0.3 is 0 Å². The lowest BCUT2D eigenvalue weighted by atomic mass is 10.1. The number of thiazole rings is 1. The summed E-state index contributed by atoms with van der Waals surface area (Å²) < 4.78 is 11.6. The van der Waals surface area contributed by atoms with Gasteiger partial charge < -0.3 is 20.5 Å². The number of nitrogens with one attached hydrogen (secondary N) is 1. The summed E-state index contributed by atoms with van der Waals surface area (Å²) in [6.45, 7) is 1.44. The van der Waals surface area contributed by atoms with Crippen molar-refractivity contribution in [3.8, 4) is 11.5 Å². The Labute approximate surface area is 156 Å². The van der Waals surface area contributed by atoms with Gasteiger partial charge in [0.2, 0.25) is 0 Å². The van der Waals surface area contributed by atoms with Crippen molar-refractivity contribution in [1.29, 1.82) is 0 Å². The molecule has 2 rings (SSSR count). The van der Waals surface area contributed by atoms with Crippen LogP contribution in [0.5, 0.6) is 11.5 Å². The Morgan fingerprint density at radius 3 is 2.88 bits per heavy atom. The Hall–Kier alpha value is -1.93. The highest BCUT2D eigenvalue weighted by atomic mass is 32.2. The Morgan fingerprint density at radius 2 is 2.16 bits per heavy atom. The minimum absolute atomic E-state index is 0.486. The molecule has 0 fully saturated rings. The predicted molar refractivity (Wildman–Crippen MR) is 105 cm³/mol. The molecule has 0 aliphatic heterocycles. The van der Waals surface area contributed by atoms with E-state index in [-0.39, 0.29) is 0 Å². The van der Waals surface area contributed by atoms with Gasteiger partial charge in [-0.1, -0.05) is 17.8 Å². The van der Waals surface area contributed by atoms with Gasteiger partial charge in [-0.25, -0.2) is 4.98 Å². The van der Waals surface area contributed by atoms with Crippen LogP contribution in [-0.2, 0) is 6.42 Å². The number of benzene rings is 1. The molecule has 8 heteroatoms. The number of nitrogens with zero attached hydrogens (tertiary/aromatic N) is 2. The Morgan fingerprint density at radius 1 is 1.32 bits per heavy atom. The number of guanidine groups is 1. The molecule has 0 bridgehead atoms. The van der Waals surface area contributed by atoms with E-state index in [1.54, 1.807) is 37.3 Å². The van der Waals surface area contributed by atoms with Gasteiger partial charge in [0.15, 0.2) is 17.5 Å². The summed E-state index contributed by atoms with van der Waals surface area (Å²) in [5.41, 5.74) is 7.04. The molecule has 0 saturated heterocycles. The first kappa shape index (κ1) is 19.4. The van der Waals surface area contributed by atoms with Crippen molar-refractivity contribution in [2.75, 3.05) is 33.1 Å². The molecule has 1 aromatic carbocycles. The van der Waals surface area contributed by atoms with E-state index in [1.165, 1.54) is 0 Å². The monoisotopic (exact) mass is 380 g/mol. The van der Waals surface area contributed by atoms with Gasteiger partial charge in [-0.2, -0.15) is 0 Å². The average molecular weight is 381 g/mol. The van der Waals surface area contributed by atoms with Crippen LogP contribution in [0.1, 0.15) is 12.0 Å². The smallest absolute Gasteiger partial charge is 0.188 e. The van der Waals surface area contributed by atoms with Gasteiger partial charge in [-0.05, 0) is 30.5 Å². The summed E-state index contributed by atoms with van der Waals surface area (Å²) in [5.74, 6) is 2.95. The van der Waals surface area contributed by atoms with Gasteiger partial charge in [0.1, 0.15) is 4.34 Å². The van der Waals surface area contributed by atoms with Crippen LogP contribution in [0.4, 0.5) is 0 Å². The molecule has 1 heterocycles. The normalized spacial score (nSPS) is 11.4. The number of methoxy groups -OCH3 is 2. The lowest BCUT2D eigenvalue weighted by Crippen LogP contribution is -2.33. The zero-order chi connectivity index (χ0) is 17.9. The maximum Gasteiger partial charge on any atom is 0.188 e. The van der Waals surface area contributed by atoms with Crippen molar-refractivity contribution in [3.05, 3.63) is 35.3 Å². The van der Waals surface area contributed by atoms with E-state index in [2.05, 4.69) is 15.3 Å². The average Bonchev–Trinajstić information content (AvgIpc) is 3.14. The number of hydrogen-bond acceptors (Lipinski definition) is 6. The molecule has 6 nitrogen and oxygen atoms in total. The summed E-state index contributed by atoms with van der Waals surface area (Å²) in [5, 5.41) is 5.13. The molecule has 0 aliphatic carbocycles. The molecule has 0 atom stereocenters. The second-order valence-electron chi connectivity index (χ2n) is 5.13. The number of aliphatic imine (C=N–C) groups is 1. The first-order valence-electron chi connectivity index (χ1n) is 8.00. The molecule has 0 radical (unpaired) electrons. The largest absolute Gasteiger partial charge is 0.493 e. The predicted octanol–water partition coefficient (Wildman–Crippen LogP) is 2.79. The van der Waals surface area contributed by atoms with Crippen LogP contribution in [0, 0.1) is 0 Å². The van der Waals surface area contributed by atoms with Gasteiger partial charge in [-0.15, -0.1) is 11.3 Å². The fraction of sp³-hybridized carbons (Fsp3) is 0.412. The SMILES string of the molecule is COc1ccc(CCNC(N)=NCCCSc2nccs2)cc1OC. The van der Waals surface area contributed by atoms with Crippen LogP contribution >= 0.6 is 23.1 Å². The highest BCUT2D eigenvalue weighted by Crippen LogP contribution is 2.27. The molecule has 0 spiro atoms. The zero-order valence-corrected chi connectivity index (χ0v) is 16.2. The summed E-state index contributed by atoms with van der Waals surface area (Å²) in [6, 6.07) is 5.90. The fourth-order valence-corrected chi connectivity index (χ4v) is 3.76. The highest BCUT2D eigenvalue weighted by molar-refractivity contribution is 8.00. The number of hydrogen-bond donors (Lipinski definition) is 2. The van der Waals surface area contributed by atoms with Crippen molar-refractivity contribution in [3.63, 3.8) is 0 Å². The highest BCUT2D eigenvalue weighted by Gasteiger charge is 2.04. The quantitative estimate of drug-likeness (QED) is 0.285. The van der Waals surface area contributed by atoms with E-state index < -0.39 is 0 Å². The molecular formula is C17H24N4O2S2. The van der Waals surface area contributed by atoms with Crippen molar-refractivity contribution in [2.45, 2.75) is 17.2 Å². The van der Waals surface area contributed by atoms with Crippen molar-refractivity contribution in [2.24, 2.45) is 10.7 Å². The van der Waals surface area contributed by atoms with Crippen LogP contribution in [0.2, 0.25) is 0 Å². The standard InChI is InChI=1S/C17H24N4O2S2/c1-22-14-5-4-13(12-15(14)23-2)6-8-20-16(18)19-7-3-10-24-17-21-9-11-25-17/h4-5,9,11-12H,3,6-8,10H2,1-2H3,(H3,18,19,20). The number of rotatable bonds is 10. The number of nitrogens with two attached hydrogens (primary N) is 1. The summed E-state index contributed by atoms with van der Waals surface area (Å²) in [6.07, 6.45) is 3.63. The minimum atomic E-state index is 0.486. The lowest BCUT2D eigenvalue weighted by molar-refractivity contribution is 0.354. The topological polar surface area (TPSA) is 81.8 Å². The third kappa shape index (κ3) is 6.83. The fourth-order valence-electron chi connectivity index (χ4n) is 2.13. The van der Waals surface area contributed by atoms with Crippen molar-refractivity contribution < 1.29 is 9.47 Å². The summed E-state index contributed by atoms with van der Waals surface area (Å²) in [7, 11) is 3.27. The summed E-state index contributed by atoms with van der Waals surface area (Å²) in [4.78, 5) is 8.58. The van der Waals surface area contributed by atoms with Crippen molar-refractivity contribution >= 4 is 29.1 Å². The first-order valence-corrected chi connectivity index (χ1v) is 9.86. The maximum absolute atomic E-state index is 5.89. The molecule has 0 saturated carbocycles. The molecule has 0 unspecified atom stereocenters. The molecule has 25 heavy (non-hydrogen) atoms. The van der Waals surface area contributed by atoms with Crippen LogP contribution in [-0.4, -0.2) is 44.0 Å². The molecule has 1 aromatic heterocycles.